The summed E-state index contributed by atoms with van der Waals surface area (Å²) in [5.41, 5.74) is 5.58. The smallest absolute Gasteiger partial charge is 0.234 e. The molecule has 0 amide bonds. The van der Waals surface area contributed by atoms with Crippen molar-refractivity contribution in [3.05, 3.63) is 159 Å². The van der Waals surface area contributed by atoms with Crippen LogP contribution in [0.2, 0.25) is 10.0 Å². The second-order valence-electron chi connectivity index (χ2n) is 10.9. The van der Waals surface area contributed by atoms with E-state index in [1.807, 2.05) is 109 Å². The standard InChI is InChI=1S/C36H29Cl4N2OP/c37-30-18-14-25(15-19-30)22-29-12-7-13-32-35(29)41-42(36(32)28-16-20-31(38)21-17-28)44(43,23-33(39)26-8-3-1-4-9-26)24-34(40)27-10-5-2-6-11-27/h1-6,8-11,14-24,32,36H,7,12-13H2. The maximum absolute atomic E-state index is 15.5. The number of hydrogen-bond donors (Lipinski definition) is 0. The summed E-state index contributed by atoms with van der Waals surface area (Å²) in [5.74, 6) is 3.26. The predicted octanol–water partition coefficient (Wildman–Crippen LogP) is 12.3. The van der Waals surface area contributed by atoms with Crippen molar-refractivity contribution in [2.75, 3.05) is 0 Å². The van der Waals surface area contributed by atoms with Crippen LogP contribution < -0.4 is 0 Å². The lowest BCUT2D eigenvalue weighted by Crippen LogP contribution is -2.26. The molecule has 2 unspecified atom stereocenters. The molecular formula is C36H29Cl4N2OP. The Morgan fingerprint density at radius 3 is 1.82 bits per heavy atom. The Morgan fingerprint density at radius 2 is 1.27 bits per heavy atom. The third kappa shape index (κ3) is 6.79. The fourth-order valence-electron chi connectivity index (χ4n) is 5.82. The van der Waals surface area contributed by atoms with Crippen molar-refractivity contribution in [1.82, 2.24) is 4.78 Å². The Hall–Kier alpha value is -3.04. The molecule has 0 aromatic heterocycles. The molecule has 0 N–H and O–H groups in total. The number of hydrazone groups is 1. The van der Waals surface area contributed by atoms with Crippen LogP contribution in [0.5, 0.6) is 0 Å². The van der Waals surface area contributed by atoms with Gasteiger partial charge in [-0.25, -0.2) is 4.78 Å². The van der Waals surface area contributed by atoms with E-state index in [0.29, 0.717) is 20.1 Å². The van der Waals surface area contributed by atoms with Gasteiger partial charge in [-0.2, -0.15) is 5.10 Å². The minimum absolute atomic E-state index is 0.00426. The number of allylic oxidation sites excluding steroid dienone is 1. The van der Waals surface area contributed by atoms with Gasteiger partial charge in [0.25, 0.3) is 0 Å². The Bertz CT molecular complexity index is 1740. The molecule has 1 aliphatic heterocycles. The van der Waals surface area contributed by atoms with Crippen molar-refractivity contribution < 1.29 is 4.57 Å². The zero-order valence-electron chi connectivity index (χ0n) is 23.7. The van der Waals surface area contributed by atoms with Crippen LogP contribution in [0.4, 0.5) is 0 Å². The third-order valence-corrected chi connectivity index (χ3v) is 11.6. The highest BCUT2D eigenvalue weighted by atomic mass is 35.5. The lowest BCUT2D eigenvalue weighted by Gasteiger charge is -2.33. The first-order chi connectivity index (χ1) is 21.3. The first-order valence-electron chi connectivity index (χ1n) is 14.4. The van der Waals surface area contributed by atoms with Crippen molar-refractivity contribution in [3.63, 3.8) is 0 Å². The van der Waals surface area contributed by atoms with Crippen LogP contribution in [-0.4, -0.2) is 10.5 Å². The summed E-state index contributed by atoms with van der Waals surface area (Å²) >= 11 is 26.3. The molecule has 0 spiro atoms. The summed E-state index contributed by atoms with van der Waals surface area (Å²) in [6.07, 6.45) is 4.90. The van der Waals surface area contributed by atoms with Crippen molar-refractivity contribution in [1.29, 1.82) is 0 Å². The molecule has 2 atom stereocenters. The monoisotopic (exact) mass is 676 g/mol. The summed E-state index contributed by atoms with van der Waals surface area (Å²) in [5, 5.41) is 7.25. The van der Waals surface area contributed by atoms with E-state index in [-0.39, 0.29) is 12.0 Å². The first kappa shape index (κ1) is 31.0. The van der Waals surface area contributed by atoms with Crippen LogP contribution in [0.1, 0.15) is 47.6 Å². The summed E-state index contributed by atoms with van der Waals surface area (Å²) in [6, 6.07) is 34.2. The van der Waals surface area contributed by atoms with Crippen molar-refractivity contribution in [2.24, 2.45) is 11.0 Å². The van der Waals surface area contributed by atoms with Crippen LogP contribution >= 0.6 is 53.7 Å². The summed E-state index contributed by atoms with van der Waals surface area (Å²) in [7, 11) is -3.65. The van der Waals surface area contributed by atoms with Gasteiger partial charge < -0.3 is 0 Å². The van der Waals surface area contributed by atoms with Gasteiger partial charge in [-0.15, -0.1) is 0 Å². The molecule has 8 heteroatoms. The largest absolute Gasteiger partial charge is 0.290 e. The quantitative estimate of drug-likeness (QED) is 0.182. The van der Waals surface area contributed by atoms with Crippen molar-refractivity contribution >= 4 is 75.5 Å². The fourth-order valence-corrected chi connectivity index (χ4v) is 9.34. The van der Waals surface area contributed by atoms with Crippen molar-refractivity contribution in [3.8, 4) is 0 Å². The molecule has 44 heavy (non-hydrogen) atoms. The summed E-state index contributed by atoms with van der Waals surface area (Å²) < 4.78 is 17.3. The van der Waals surface area contributed by atoms with E-state index in [1.54, 1.807) is 16.4 Å². The molecule has 1 aliphatic carbocycles. The Morgan fingerprint density at radius 1 is 0.750 bits per heavy atom. The van der Waals surface area contributed by atoms with Gasteiger partial charge in [0.2, 0.25) is 7.29 Å². The number of halogens is 4. The molecule has 4 aromatic carbocycles. The Labute approximate surface area is 278 Å². The van der Waals surface area contributed by atoms with E-state index in [1.165, 1.54) is 0 Å². The molecule has 1 saturated carbocycles. The first-order valence-corrected chi connectivity index (χ1v) is 17.7. The van der Waals surface area contributed by atoms with Gasteiger partial charge >= 0.3 is 0 Å². The Kier molecular flexibility index (Phi) is 9.52. The van der Waals surface area contributed by atoms with E-state index in [4.69, 9.17) is 51.5 Å². The number of benzene rings is 4. The average molecular weight is 678 g/mol. The van der Waals surface area contributed by atoms with Crippen molar-refractivity contribution in [2.45, 2.75) is 25.3 Å². The number of nitrogens with zero attached hydrogens (tertiary/aromatic N) is 2. The second kappa shape index (κ2) is 13.5. The average Bonchev–Trinajstić information content (AvgIpc) is 3.45. The topological polar surface area (TPSA) is 32.7 Å². The van der Waals surface area contributed by atoms with E-state index < -0.39 is 7.29 Å². The molecule has 1 fully saturated rings. The Balaban J connectivity index is 1.54. The van der Waals surface area contributed by atoms with Gasteiger partial charge in [-0.05, 0) is 77.4 Å². The minimum Gasteiger partial charge on any atom is -0.290 e. The maximum atomic E-state index is 15.5. The lowest BCUT2D eigenvalue weighted by atomic mass is 9.78. The zero-order chi connectivity index (χ0) is 30.7. The minimum atomic E-state index is -3.65. The van der Waals surface area contributed by atoms with Crippen LogP contribution in [0.15, 0.2) is 132 Å². The van der Waals surface area contributed by atoms with E-state index in [2.05, 4.69) is 6.08 Å². The number of fused-ring (bicyclic) bond motifs is 1. The van der Waals surface area contributed by atoms with Gasteiger partial charge in [0.05, 0.1) is 21.8 Å². The molecule has 1 heterocycles. The third-order valence-electron chi connectivity index (χ3n) is 7.92. The van der Waals surface area contributed by atoms with Gasteiger partial charge in [0, 0.05) is 27.6 Å². The van der Waals surface area contributed by atoms with E-state index >= 15 is 4.57 Å². The maximum Gasteiger partial charge on any atom is 0.234 e. The molecule has 4 aromatic rings. The highest BCUT2D eigenvalue weighted by Crippen LogP contribution is 2.64. The zero-order valence-corrected chi connectivity index (χ0v) is 27.6. The van der Waals surface area contributed by atoms with Gasteiger partial charge in [0.1, 0.15) is 0 Å². The molecule has 3 nitrogen and oxygen atoms in total. The SMILES string of the molecule is O=P(C=C(Cl)c1ccccc1)(C=C(Cl)c1ccccc1)N1N=C2C(=Cc3ccc(Cl)cc3)CCCC2C1c1ccc(Cl)cc1. The van der Waals surface area contributed by atoms with Crippen LogP contribution in [0, 0.1) is 5.92 Å². The summed E-state index contributed by atoms with van der Waals surface area (Å²) in [4.78, 5) is 0. The molecule has 0 radical (unpaired) electrons. The van der Waals surface area contributed by atoms with Crippen LogP contribution in [0.3, 0.4) is 0 Å². The second-order valence-corrected chi connectivity index (χ2v) is 14.8. The number of hydrogen-bond acceptors (Lipinski definition) is 2. The highest BCUT2D eigenvalue weighted by Gasteiger charge is 2.47. The molecule has 0 saturated heterocycles. The van der Waals surface area contributed by atoms with Gasteiger partial charge in [-0.3, -0.25) is 4.57 Å². The molecule has 0 bridgehead atoms. The van der Waals surface area contributed by atoms with E-state index in [0.717, 1.165) is 52.8 Å². The summed E-state index contributed by atoms with van der Waals surface area (Å²) in [6.45, 7) is 0. The highest BCUT2D eigenvalue weighted by molar-refractivity contribution is 7.68. The van der Waals surface area contributed by atoms with E-state index in [9.17, 15) is 0 Å². The van der Waals surface area contributed by atoms with Gasteiger partial charge in [0.15, 0.2) is 0 Å². The van der Waals surface area contributed by atoms with Crippen LogP contribution in [0.25, 0.3) is 16.1 Å². The van der Waals surface area contributed by atoms with Crippen LogP contribution in [-0.2, 0) is 4.57 Å². The molecule has 6 rings (SSSR count). The molecular weight excluding hydrogens is 649 g/mol. The fraction of sp³-hybridized carbons (Fsp3) is 0.139. The number of rotatable bonds is 7. The lowest BCUT2D eigenvalue weighted by molar-refractivity contribution is 0.315. The predicted molar refractivity (Wildman–Crippen MR) is 188 cm³/mol. The molecule has 222 valence electrons. The van der Waals surface area contributed by atoms with Gasteiger partial charge in [-0.1, -0.05) is 131 Å². The normalized spacial score (nSPS) is 21.1. The molecule has 2 aliphatic rings.